The van der Waals surface area contributed by atoms with Crippen LogP contribution in [-0.4, -0.2) is 39.0 Å². The molecule has 10 heteroatoms. The first-order valence-corrected chi connectivity index (χ1v) is 7.37. The molecule has 0 saturated carbocycles. The lowest BCUT2D eigenvalue weighted by Gasteiger charge is -2.16. The van der Waals surface area contributed by atoms with E-state index in [1.165, 1.54) is 11.6 Å². The molecule has 1 atom stereocenters. The molecule has 0 bridgehead atoms. The van der Waals surface area contributed by atoms with Gasteiger partial charge < -0.3 is 10.4 Å². The molecule has 0 aliphatic heterocycles. The maximum atomic E-state index is 12.4. The normalized spacial score (nSPS) is 12.7. The van der Waals surface area contributed by atoms with Crippen molar-refractivity contribution in [3.63, 3.8) is 0 Å². The van der Waals surface area contributed by atoms with Crippen LogP contribution in [0, 0.1) is 6.92 Å². The molecule has 2 rings (SSSR count). The molecule has 1 unspecified atom stereocenters. The van der Waals surface area contributed by atoms with E-state index in [1.54, 1.807) is 24.3 Å². The number of carboxylic acids is 1. The Balaban J connectivity index is 2.22. The summed E-state index contributed by atoms with van der Waals surface area (Å²) in [4.78, 5) is 23.1. The largest absolute Gasteiger partial charge is 0.480 e. The highest BCUT2D eigenvalue weighted by Gasteiger charge is 2.36. The van der Waals surface area contributed by atoms with Crippen LogP contribution in [0.5, 0.6) is 0 Å². The van der Waals surface area contributed by atoms with Crippen molar-refractivity contribution in [2.45, 2.75) is 25.6 Å². The number of hydrogen-bond acceptors (Lipinski definition) is 3. The lowest BCUT2D eigenvalue weighted by molar-refractivity contribution is -0.157. The first kappa shape index (κ1) is 18.8. The number of amides is 1. The molecule has 2 aromatic rings. The highest BCUT2D eigenvalue weighted by atomic mass is 35.5. The van der Waals surface area contributed by atoms with Crippen molar-refractivity contribution in [1.82, 2.24) is 15.1 Å². The van der Waals surface area contributed by atoms with Crippen LogP contribution in [0.4, 0.5) is 13.2 Å². The van der Waals surface area contributed by atoms with Gasteiger partial charge in [0.15, 0.2) is 0 Å². The number of aliphatic carboxylic acids is 1. The number of alkyl halides is 3. The quantitative estimate of drug-likeness (QED) is 0.841. The average Bonchev–Trinajstić information content (AvgIpc) is 2.87. The Morgan fingerprint density at radius 3 is 2.44 bits per heavy atom. The van der Waals surface area contributed by atoms with Crippen molar-refractivity contribution >= 4 is 23.5 Å². The minimum absolute atomic E-state index is 0.0247. The van der Waals surface area contributed by atoms with E-state index in [4.69, 9.17) is 16.7 Å². The predicted molar refractivity (Wildman–Crippen MR) is 82.9 cm³/mol. The number of nitrogens with one attached hydrogen (secondary N) is 1. The number of rotatable bonds is 5. The molecule has 1 amide bonds. The number of nitrogens with zero attached hydrogens (tertiary/aromatic N) is 2. The zero-order valence-electron chi connectivity index (χ0n) is 12.8. The van der Waals surface area contributed by atoms with Crippen LogP contribution in [0.3, 0.4) is 0 Å². The van der Waals surface area contributed by atoms with E-state index >= 15 is 0 Å². The smallest absolute Gasteiger partial charge is 0.391 e. The lowest BCUT2D eigenvalue weighted by Crippen LogP contribution is -2.43. The first-order valence-electron chi connectivity index (χ1n) is 6.99. The molecule has 6 nitrogen and oxygen atoms in total. The topological polar surface area (TPSA) is 84.2 Å². The van der Waals surface area contributed by atoms with Crippen LogP contribution >= 0.6 is 11.6 Å². The summed E-state index contributed by atoms with van der Waals surface area (Å²) in [7, 11) is 0. The van der Waals surface area contributed by atoms with Gasteiger partial charge in [-0.1, -0.05) is 11.6 Å². The van der Waals surface area contributed by atoms with Crippen molar-refractivity contribution in [1.29, 1.82) is 0 Å². The summed E-state index contributed by atoms with van der Waals surface area (Å²) in [6.07, 6.45) is -5.23. The predicted octanol–water partition coefficient (Wildman–Crippen LogP) is 2.97. The van der Waals surface area contributed by atoms with Gasteiger partial charge in [0.1, 0.15) is 6.04 Å². The third-order valence-corrected chi connectivity index (χ3v) is 3.62. The Labute approximate surface area is 145 Å². The number of halogens is 4. The molecule has 1 aromatic heterocycles. The SMILES string of the molecule is Cc1c(C(=O)NC(CC(F)(F)F)C(=O)O)cnn1-c1ccc(Cl)cc1. The number of benzene rings is 1. The average molecular weight is 376 g/mol. The number of carboxylic acid groups (broad SMARTS) is 1. The van der Waals surface area contributed by atoms with Gasteiger partial charge in [-0.25, -0.2) is 9.48 Å². The van der Waals surface area contributed by atoms with Crippen LogP contribution in [0.1, 0.15) is 22.5 Å². The Hall–Kier alpha value is -2.55. The number of aromatic nitrogens is 2. The van der Waals surface area contributed by atoms with Crippen LogP contribution in [0.25, 0.3) is 5.69 Å². The second-order valence-corrected chi connectivity index (χ2v) is 5.65. The standard InChI is InChI=1S/C15H13ClF3N3O3/c1-8-11(7-20-22(8)10-4-2-9(16)3-5-10)13(23)21-12(14(24)25)6-15(17,18)19/h2-5,7,12H,6H2,1H3,(H,21,23)(H,24,25). The summed E-state index contributed by atoms with van der Waals surface area (Å²) in [6.45, 7) is 1.54. The van der Waals surface area contributed by atoms with E-state index in [0.29, 0.717) is 16.4 Å². The molecular weight excluding hydrogens is 363 g/mol. The van der Waals surface area contributed by atoms with E-state index in [2.05, 4.69) is 5.10 Å². The highest BCUT2D eigenvalue weighted by Crippen LogP contribution is 2.22. The highest BCUT2D eigenvalue weighted by molar-refractivity contribution is 6.30. The molecule has 0 aliphatic rings. The summed E-state index contributed by atoms with van der Waals surface area (Å²) in [6, 6.07) is 4.44. The lowest BCUT2D eigenvalue weighted by atomic mass is 10.1. The Bertz CT molecular complexity index is 788. The molecule has 0 radical (unpaired) electrons. The molecule has 2 N–H and O–H groups in total. The van der Waals surface area contributed by atoms with E-state index in [-0.39, 0.29) is 5.56 Å². The van der Waals surface area contributed by atoms with Gasteiger partial charge >= 0.3 is 12.1 Å². The van der Waals surface area contributed by atoms with Crippen LogP contribution in [0.2, 0.25) is 5.02 Å². The van der Waals surface area contributed by atoms with Gasteiger partial charge in [-0.3, -0.25) is 4.79 Å². The monoisotopic (exact) mass is 375 g/mol. The molecule has 1 aromatic carbocycles. The maximum Gasteiger partial charge on any atom is 0.391 e. The van der Waals surface area contributed by atoms with Gasteiger partial charge in [-0.05, 0) is 31.2 Å². The molecule has 0 saturated heterocycles. The second-order valence-electron chi connectivity index (χ2n) is 5.22. The Morgan fingerprint density at radius 1 is 1.32 bits per heavy atom. The maximum absolute atomic E-state index is 12.4. The van der Waals surface area contributed by atoms with E-state index < -0.39 is 30.5 Å². The van der Waals surface area contributed by atoms with Crippen molar-refractivity contribution in [3.05, 3.63) is 46.7 Å². The first-order chi connectivity index (χ1) is 11.6. The van der Waals surface area contributed by atoms with E-state index in [9.17, 15) is 22.8 Å². The molecule has 134 valence electrons. The minimum atomic E-state index is -4.72. The zero-order chi connectivity index (χ0) is 18.8. The second kappa shape index (κ2) is 7.14. The summed E-state index contributed by atoms with van der Waals surface area (Å²) >= 11 is 5.79. The van der Waals surface area contributed by atoms with E-state index in [1.807, 2.05) is 5.32 Å². The number of carbonyl (C=O) groups is 2. The van der Waals surface area contributed by atoms with Crippen molar-refractivity contribution < 1.29 is 27.9 Å². The zero-order valence-corrected chi connectivity index (χ0v) is 13.6. The van der Waals surface area contributed by atoms with Crippen LogP contribution < -0.4 is 5.32 Å². The molecule has 25 heavy (non-hydrogen) atoms. The fraction of sp³-hybridized carbons (Fsp3) is 0.267. The summed E-state index contributed by atoms with van der Waals surface area (Å²) in [5.41, 5.74) is 0.908. The fourth-order valence-electron chi connectivity index (χ4n) is 2.14. The molecule has 0 aliphatic carbocycles. The van der Waals surface area contributed by atoms with E-state index in [0.717, 1.165) is 6.20 Å². The fourth-order valence-corrected chi connectivity index (χ4v) is 2.27. The van der Waals surface area contributed by atoms with Gasteiger partial charge in [-0.15, -0.1) is 0 Å². The summed E-state index contributed by atoms with van der Waals surface area (Å²) < 4.78 is 38.6. The molecule has 1 heterocycles. The van der Waals surface area contributed by atoms with Crippen LogP contribution in [-0.2, 0) is 4.79 Å². The molecule has 0 fully saturated rings. The third kappa shape index (κ3) is 4.72. The summed E-state index contributed by atoms with van der Waals surface area (Å²) in [5, 5.41) is 15.2. The van der Waals surface area contributed by atoms with Crippen molar-refractivity contribution in [2.75, 3.05) is 0 Å². The van der Waals surface area contributed by atoms with Crippen molar-refractivity contribution in [2.24, 2.45) is 0 Å². The van der Waals surface area contributed by atoms with Crippen molar-refractivity contribution in [3.8, 4) is 5.69 Å². The number of carbonyl (C=O) groups excluding carboxylic acids is 1. The van der Waals surface area contributed by atoms with Crippen LogP contribution in [0.15, 0.2) is 30.5 Å². The van der Waals surface area contributed by atoms with Gasteiger partial charge in [0.2, 0.25) is 0 Å². The molecule has 0 spiro atoms. The Kier molecular flexibility index (Phi) is 5.36. The molecular formula is C15H13ClF3N3O3. The van der Waals surface area contributed by atoms with Gasteiger partial charge in [0, 0.05) is 5.02 Å². The summed E-state index contributed by atoms with van der Waals surface area (Å²) in [5.74, 6) is -2.72. The third-order valence-electron chi connectivity index (χ3n) is 3.36. The van der Waals surface area contributed by atoms with Gasteiger partial charge in [-0.2, -0.15) is 18.3 Å². The Morgan fingerprint density at radius 2 is 1.92 bits per heavy atom. The number of hydrogen-bond donors (Lipinski definition) is 2. The minimum Gasteiger partial charge on any atom is -0.480 e. The van der Waals surface area contributed by atoms with Gasteiger partial charge in [0.25, 0.3) is 5.91 Å². The van der Waals surface area contributed by atoms with Gasteiger partial charge in [0.05, 0.1) is 29.6 Å².